The zero-order valence-electron chi connectivity index (χ0n) is 8.33. The van der Waals surface area contributed by atoms with E-state index in [1.807, 2.05) is 19.1 Å². The van der Waals surface area contributed by atoms with Crippen LogP contribution >= 0.6 is 0 Å². The fraction of sp³-hybridized carbons (Fsp3) is 0.182. The zero-order valence-corrected chi connectivity index (χ0v) is 8.33. The molecule has 0 saturated heterocycles. The summed E-state index contributed by atoms with van der Waals surface area (Å²) in [6.07, 6.45) is 0.625. The van der Waals surface area contributed by atoms with E-state index in [1.54, 1.807) is 13.2 Å². The van der Waals surface area contributed by atoms with Gasteiger partial charge in [-0.15, -0.1) is 0 Å². The van der Waals surface area contributed by atoms with Crippen LogP contribution in [0.4, 0.5) is 5.69 Å². The molecule has 3 heteroatoms. The van der Waals surface area contributed by atoms with Crippen LogP contribution in [0.3, 0.4) is 0 Å². The Balaban J connectivity index is 3.13. The van der Waals surface area contributed by atoms with Gasteiger partial charge < -0.3 is 10.1 Å². The molecule has 0 aliphatic rings. The standard InChI is InChI=1S/C11H13NO2/c1-8(2)9-4-5-11(14-3)10(6-9)12-7-13/h4-7H,1H2,2-3H3,(H,12,13). The fourth-order valence-corrected chi connectivity index (χ4v) is 1.15. The molecule has 0 unspecified atom stereocenters. The van der Waals surface area contributed by atoms with Gasteiger partial charge in [0.15, 0.2) is 0 Å². The van der Waals surface area contributed by atoms with E-state index >= 15 is 0 Å². The van der Waals surface area contributed by atoms with E-state index in [0.717, 1.165) is 11.1 Å². The highest BCUT2D eigenvalue weighted by Crippen LogP contribution is 2.27. The van der Waals surface area contributed by atoms with Crippen molar-refractivity contribution < 1.29 is 9.53 Å². The van der Waals surface area contributed by atoms with Gasteiger partial charge in [0.05, 0.1) is 12.8 Å². The van der Waals surface area contributed by atoms with Crippen LogP contribution in [0.5, 0.6) is 5.75 Å². The smallest absolute Gasteiger partial charge is 0.211 e. The van der Waals surface area contributed by atoms with Gasteiger partial charge in [-0.2, -0.15) is 0 Å². The van der Waals surface area contributed by atoms with Crippen molar-refractivity contribution in [2.75, 3.05) is 12.4 Å². The minimum Gasteiger partial charge on any atom is -0.495 e. The molecule has 0 fully saturated rings. The summed E-state index contributed by atoms with van der Waals surface area (Å²) < 4.78 is 5.08. The monoisotopic (exact) mass is 191 g/mol. The van der Waals surface area contributed by atoms with Crippen molar-refractivity contribution in [1.82, 2.24) is 0 Å². The molecule has 1 N–H and O–H groups in total. The third-order valence-corrected chi connectivity index (χ3v) is 1.91. The quantitative estimate of drug-likeness (QED) is 0.741. The van der Waals surface area contributed by atoms with E-state index in [0.29, 0.717) is 17.8 Å². The third kappa shape index (κ3) is 2.13. The summed E-state index contributed by atoms with van der Waals surface area (Å²) in [6.45, 7) is 5.73. The summed E-state index contributed by atoms with van der Waals surface area (Å²) in [5.41, 5.74) is 2.58. The molecule has 3 nitrogen and oxygen atoms in total. The summed E-state index contributed by atoms with van der Waals surface area (Å²) in [5.74, 6) is 0.641. The number of ether oxygens (including phenoxy) is 1. The summed E-state index contributed by atoms with van der Waals surface area (Å²) in [5, 5.41) is 2.58. The highest BCUT2D eigenvalue weighted by atomic mass is 16.5. The molecule has 0 spiro atoms. The van der Waals surface area contributed by atoms with E-state index in [-0.39, 0.29) is 0 Å². The molecular weight excluding hydrogens is 178 g/mol. The Morgan fingerprint density at radius 1 is 1.57 bits per heavy atom. The maximum absolute atomic E-state index is 10.3. The number of allylic oxidation sites excluding steroid dienone is 1. The van der Waals surface area contributed by atoms with Crippen LogP contribution in [-0.2, 0) is 4.79 Å². The highest BCUT2D eigenvalue weighted by Gasteiger charge is 2.03. The van der Waals surface area contributed by atoms with Gasteiger partial charge in [-0.25, -0.2) is 0 Å². The number of rotatable bonds is 4. The zero-order chi connectivity index (χ0) is 10.6. The van der Waals surface area contributed by atoms with Crippen LogP contribution in [0.2, 0.25) is 0 Å². The average molecular weight is 191 g/mol. The Morgan fingerprint density at radius 3 is 2.79 bits per heavy atom. The minimum absolute atomic E-state index is 0.625. The van der Waals surface area contributed by atoms with Gasteiger partial charge in [0.25, 0.3) is 0 Å². The number of methoxy groups -OCH3 is 1. The van der Waals surface area contributed by atoms with E-state index < -0.39 is 0 Å². The number of nitrogens with one attached hydrogen (secondary N) is 1. The molecule has 0 atom stereocenters. The van der Waals surface area contributed by atoms with Gasteiger partial charge >= 0.3 is 0 Å². The van der Waals surface area contributed by atoms with Crippen molar-refractivity contribution in [3.05, 3.63) is 30.3 Å². The molecule has 0 aliphatic carbocycles. The predicted molar refractivity (Wildman–Crippen MR) is 57.4 cm³/mol. The normalized spacial score (nSPS) is 9.29. The van der Waals surface area contributed by atoms with Crippen molar-refractivity contribution in [1.29, 1.82) is 0 Å². The van der Waals surface area contributed by atoms with E-state index in [2.05, 4.69) is 11.9 Å². The van der Waals surface area contributed by atoms with Crippen molar-refractivity contribution in [3.8, 4) is 5.75 Å². The topological polar surface area (TPSA) is 38.3 Å². The van der Waals surface area contributed by atoms with Crippen molar-refractivity contribution in [3.63, 3.8) is 0 Å². The second-order valence-electron chi connectivity index (χ2n) is 2.96. The first-order chi connectivity index (χ1) is 6.69. The number of carbonyl (C=O) groups is 1. The first-order valence-electron chi connectivity index (χ1n) is 4.23. The lowest BCUT2D eigenvalue weighted by Gasteiger charge is -2.09. The SMILES string of the molecule is C=C(C)c1ccc(OC)c(NC=O)c1. The first-order valence-corrected chi connectivity index (χ1v) is 4.23. The van der Waals surface area contributed by atoms with Gasteiger partial charge in [-0.1, -0.05) is 18.2 Å². The van der Waals surface area contributed by atoms with Crippen LogP contribution in [0.1, 0.15) is 12.5 Å². The second kappa shape index (κ2) is 4.46. The maximum atomic E-state index is 10.3. The molecule has 1 amide bonds. The fourth-order valence-electron chi connectivity index (χ4n) is 1.15. The predicted octanol–water partition coefficient (Wildman–Crippen LogP) is 2.30. The third-order valence-electron chi connectivity index (χ3n) is 1.91. The van der Waals surface area contributed by atoms with E-state index in [4.69, 9.17) is 4.74 Å². The largest absolute Gasteiger partial charge is 0.495 e. The summed E-state index contributed by atoms with van der Waals surface area (Å²) >= 11 is 0. The highest BCUT2D eigenvalue weighted by molar-refractivity contribution is 5.78. The first kappa shape index (κ1) is 10.3. The second-order valence-corrected chi connectivity index (χ2v) is 2.96. The van der Waals surface area contributed by atoms with Crippen LogP contribution in [0, 0.1) is 0 Å². The Hall–Kier alpha value is -1.77. The average Bonchev–Trinajstić information content (AvgIpc) is 2.18. The molecule has 0 aliphatic heterocycles. The van der Waals surface area contributed by atoms with Crippen molar-refractivity contribution in [2.45, 2.75) is 6.92 Å². The maximum Gasteiger partial charge on any atom is 0.211 e. The molecule has 1 aromatic rings. The molecule has 0 bridgehead atoms. The molecule has 0 aromatic heterocycles. The molecule has 0 radical (unpaired) electrons. The summed E-state index contributed by atoms with van der Waals surface area (Å²) in [4.78, 5) is 10.3. The number of benzene rings is 1. The number of carbonyl (C=O) groups excluding carboxylic acids is 1. The van der Waals surface area contributed by atoms with Crippen molar-refractivity contribution >= 4 is 17.7 Å². The van der Waals surface area contributed by atoms with Gasteiger partial charge in [0, 0.05) is 0 Å². The number of hydrogen-bond donors (Lipinski definition) is 1. The molecule has 1 aromatic carbocycles. The molecule has 0 heterocycles. The van der Waals surface area contributed by atoms with Gasteiger partial charge in [0.1, 0.15) is 5.75 Å². The number of amides is 1. The summed E-state index contributed by atoms with van der Waals surface area (Å²) in [7, 11) is 1.56. The molecule has 1 rings (SSSR count). The number of hydrogen-bond acceptors (Lipinski definition) is 2. The molecule has 0 saturated carbocycles. The van der Waals surface area contributed by atoms with Gasteiger partial charge in [-0.3, -0.25) is 4.79 Å². The molecular formula is C11H13NO2. The minimum atomic E-state index is 0.625. The van der Waals surface area contributed by atoms with Crippen molar-refractivity contribution in [2.24, 2.45) is 0 Å². The molecule has 74 valence electrons. The lowest BCUT2D eigenvalue weighted by Crippen LogP contribution is -1.98. The number of anilines is 1. The lowest BCUT2D eigenvalue weighted by atomic mass is 10.1. The van der Waals surface area contributed by atoms with E-state index in [9.17, 15) is 4.79 Å². The Morgan fingerprint density at radius 2 is 2.29 bits per heavy atom. The Kier molecular flexibility index (Phi) is 3.29. The van der Waals surface area contributed by atoms with Gasteiger partial charge in [-0.05, 0) is 24.6 Å². The van der Waals surface area contributed by atoms with Crippen LogP contribution in [0.25, 0.3) is 5.57 Å². The van der Waals surface area contributed by atoms with Crippen LogP contribution in [0.15, 0.2) is 24.8 Å². The van der Waals surface area contributed by atoms with Crippen LogP contribution < -0.4 is 10.1 Å². The van der Waals surface area contributed by atoms with Crippen LogP contribution in [-0.4, -0.2) is 13.5 Å². The Bertz CT molecular complexity index is 358. The summed E-state index contributed by atoms with van der Waals surface area (Å²) in [6, 6.07) is 5.53. The van der Waals surface area contributed by atoms with Gasteiger partial charge in [0.2, 0.25) is 6.41 Å². The van der Waals surface area contributed by atoms with E-state index in [1.165, 1.54) is 0 Å². The lowest BCUT2D eigenvalue weighted by molar-refractivity contribution is -0.105. The Labute approximate surface area is 83.4 Å². The molecule has 14 heavy (non-hydrogen) atoms.